The summed E-state index contributed by atoms with van der Waals surface area (Å²) in [5.41, 5.74) is 0.765. The molecule has 1 heterocycles. The van der Waals surface area contributed by atoms with Crippen LogP contribution in [0.4, 0.5) is 4.39 Å². The summed E-state index contributed by atoms with van der Waals surface area (Å²) in [6, 6.07) is 3.47. The number of hydrogen-bond acceptors (Lipinski definition) is 4. The van der Waals surface area contributed by atoms with Crippen LogP contribution in [0.3, 0.4) is 0 Å². The lowest BCUT2D eigenvalue weighted by Crippen LogP contribution is -2.47. The van der Waals surface area contributed by atoms with Gasteiger partial charge >= 0.3 is 0 Å². The molecule has 1 N–H and O–H groups in total. The molecule has 1 aromatic rings. The van der Waals surface area contributed by atoms with Gasteiger partial charge in [-0.15, -0.1) is 12.4 Å². The molecule has 2 aliphatic rings. The number of ether oxygens (including phenoxy) is 2. The van der Waals surface area contributed by atoms with Crippen molar-refractivity contribution in [1.82, 2.24) is 10.2 Å². The van der Waals surface area contributed by atoms with Gasteiger partial charge in [0, 0.05) is 43.9 Å². The third-order valence-corrected chi connectivity index (χ3v) is 5.46. The predicted molar refractivity (Wildman–Crippen MR) is 101 cm³/mol. The number of methoxy groups -OCH3 is 2. The van der Waals surface area contributed by atoms with Crippen LogP contribution in [0.25, 0.3) is 0 Å². The second-order valence-corrected chi connectivity index (χ2v) is 6.86. The first-order chi connectivity index (χ1) is 11.7. The minimum atomic E-state index is -0.179. The Balaban J connectivity index is 0.00000225. The van der Waals surface area contributed by atoms with E-state index in [1.165, 1.54) is 38.2 Å². The molecule has 0 amide bonds. The van der Waals surface area contributed by atoms with E-state index in [-0.39, 0.29) is 24.3 Å². The molecule has 142 valence electrons. The quantitative estimate of drug-likeness (QED) is 0.852. The molecule has 1 aliphatic heterocycles. The average molecular weight is 373 g/mol. The molecule has 25 heavy (non-hydrogen) atoms. The van der Waals surface area contributed by atoms with E-state index in [4.69, 9.17) is 9.47 Å². The zero-order chi connectivity index (χ0) is 16.9. The van der Waals surface area contributed by atoms with E-state index in [2.05, 4.69) is 10.2 Å². The molecule has 0 unspecified atom stereocenters. The van der Waals surface area contributed by atoms with E-state index in [1.54, 1.807) is 14.2 Å². The highest BCUT2D eigenvalue weighted by atomic mass is 35.5. The van der Waals surface area contributed by atoms with Crippen molar-refractivity contribution in [3.63, 3.8) is 0 Å². The molecule has 1 aliphatic carbocycles. The molecular weight excluding hydrogens is 343 g/mol. The van der Waals surface area contributed by atoms with Crippen LogP contribution in [0.1, 0.15) is 43.7 Å². The summed E-state index contributed by atoms with van der Waals surface area (Å²) in [6.45, 7) is 3.88. The van der Waals surface area contributed by atoms with Crippen molar-refractivity contribution in [3.05, 3.63) is 23.5 Å². The van der Waals surface area contributed by atoms with Crippen molar-refractivity contribution in [2.24, 2.45) is 5.92 Å². The van der Waals surface area contributed by atoms with Crippen molar-refractivity contribution in [2.45, 2.75) is 38.1 Å². The van der Waals surface area contributed by atoms with Crippen molar-refractivity contribution >= 4 is 12.4 Å². The largest absolute Gasteiger partial charge is 0.493 e. The Bertz CT molecular complexity index is 528. The summed E-state index contributed by atoms with van der Waals surface area (Å²) >= 11 is 0. The molecule has 3 rings (SSSR count). The molecule has 0 radical (unpaired) electrons. The van der Waals surface area contributed by atoms with Gasteiger partial charge in [0.05, 0.1) is 14.2 Å². The van der Waals surface area contributed by atoms with E-state index in [0.29, 0.717) is 17.4 Å². The lowest BCUT2D eigenvalue weighted by Gasteiger charge is -2.41. The van der Waals surface area contributed by atoms with Crippen molar-refractivity contribution in [2.75, 3.05) is 40.4 Å². The fraction of sp³-hybridized carbons (Fsp3) is 0.684. The molecule has 1 saturated carbocycles. The predicted octanol–water partition coefficient (Wildman–Crippen LogP) is 3.79. The number of piperazine rings is 1. The molecule has 0 bridgehead atoms. The highest BCUT2D eigenvalue weighted by molar-refractivity contribution is 5.85. The van der Waals surface area contributed by atoms with Crippen molar-refractivity contribution in [1.29, 1.82) is 0 Å². The van der Waals surface area contributed by atoms with Crippen LogP contribution in [0.5, 0.6) is 11.5 Å². The van der Waals surface area contributed by atoms with Gasteiger partial charge in [-0.2, -0.15) is 0 Å². The fourth-order valence-electron chi connectivity index (χ4n) is 4.26. The van der Waals surface area contributed by atoms with Gasteiger partial charge in [-0.3, -0.25) is 4.90 Å². The van der Waals surface area contributed by atoms with Crippen LogP contribution in [-0.4, -0.2) is 45.3 Å². The standard InChI is InChI=1S/C19H29FN2O2.ClH/c1-23-17-12-15(16(20)13-18(17)24-2)19(14-6-4-3-5-7-14)22-10-8-21-9-11-22;/h12-14,19,21H,3-11H2,1-2H3;1H/t19-;/m1./s1. The molecule has 0 spiro atoms. The number of rotatable bonds is 5. The number of benzene rings is 1. The summed E-state index contributed by atoms with van der Waals surface area (Å²) in [6.07, 6.45) is 6.17. The van der Waals surface area contributed by atoms with Crippen LogP contribution >= 0.6 is 12.4 Å². The van der Waals surface area contributed by atoms with Crippen LogP contribution in [-0.2, 0) is 0 Å². The Hall–Kier alpha value is -1.04. The Labute approximate surface area is 156 Å². The second-order valence-electron chi connectivity index (χ2n) is 6.86. The molecule has 0 aromatic heterocycles. The Morgan fingerprint density at radius 1 is 1.04 bits per heavy atom. The first-order valence-electron chi connectivity index (χ1n) is 9.10. The Kier molecular flexibility index (Phi) is 7.79. The first kappa shape index (κ1) is 20.3. The van der Waals surface area contributed by atoms with E-state index >= 15 is 0 Å². The zero-order valence-corrected chi connectivity index (χ0v) is 16.0. The van der Waals surface area contributed by atoms with Gasteiger partial charge in [-0.25, -0.2) is 4.39 Å². The molecule has 1 aromatic carbocycles. The zero-order valence-electron chi connectivity index (χ0n) is 15.2. The topological polar surface area (TPSA) is 33.7 Å². The van der Waals surface area contributed by atoms with Gasteiger partial charge in [0.15, 0.2) is 11.5 Å². The Morgan fingerprint density at radius 2 is 1.64 bits per heavy atom. The molecule has 1 saturated heterocycles. The van der Waals surface area contributed by atoms with Crippen LogP contribution < -0.4 is 14.8 Å². The summed E-state index contributed by atoms with van der Waals surface area (Å²) in [4.78, 5) is 2.46. The number of hydrogen-bond donors (Lipinski definition) is 1. The summed E-state index contributed by atoms with van der Waals surface area (Å²) in [5.74, 6) is 1.41. The number of nitrogens with zero attached hydrogens (tertiary/aromatic N) is 1. The maximum Gasteiger partial charge on any atom is 0.163 e. The summed E-state index contributed by atoms with van der Waals surface area (Å²) < 4.78 is 25.6. The average Bonchev–Trinajstić information content (AvgIpc) is 2.64. The minimum absolute atomic E-state index is 0. The van der Waals surface area contributed by atoms with Crippen LogP contribution in [0.15, 0.2) is 12.1 Å². The summed E-state index contributed by atoms with van der Waals surface area (Å²) in [5, 5.41) is 3.40. The normalized spacial score (nSPS) is 20.6. The number of halogens is 2. The van der Waals surface area contributed by atoms with Gasteiger partial charge in [-0.1, -0.05) is 19.3 Å². The van der Waals surface area contributed by atoms with Gasteiger partial charge in [0.1, 0.15) is 5.82 Å². The van der Waals surface area contributed by atoms with E-state index in [1.807, 2.05) is 6.07 Å². The first-order valence-corrected chi connectivity index (χ1v) is 9.10. The molecule has 1 atom stereocenters. The molecule has 4 nitrogen and oxygen atoms in total. The van der Waals surface area contributed by atoms with Crippen LogP contribution in [0, 0.1) is 11.7 Å². The van der Waals surface area contributed by atoms with Gasteiger partial charge in [0.2, 0.25) is 0 Å². The maximum absolute atomic E-state index is 14.9. The molecule has 6 heteroatoms. The highest BCUT2D eigenvalue weighted by Gasteiger charge is 2.33. The monoisotopic (exact) mass is 372 g/mol. The van der Waals surface area contributed by atoms with Gasteiger partial charge in [0.25, 0.3) is 0 Å². The van der Waals surface area contributed by atoms with E-state index < -0.39 is 0 Å². The highest BCUT2D eigenvalue weighted by Crippen LogP contribution is 2.42. The molecule has 2 fully saturated rings. The van der Waals surface area contributed by atoms with E-state index in [0.717, 1.165) is 31.7 Å². The van der Waals surface area contributed by atoms with Crippen LogP contribution in [0.2, 0.25) is 0 Å². The number of nitrogens with one attached hydrogen (secondary N) is 1. The third kappa shape index (κ3) is 4.57. The minimum Gasteiger partial charge on any atom is -0.493 e. The van der Waals surface area contributed by atoms with Gasteiger partial charge < -0.3 is 14.8 Å². The van der Waals surface area contributed by atoms with Gasteiger partial charge in [-0.05, 0) is 24.8 Å². The lowest BCUT2D eigenvalue weighted by atomic mass is 9.80. The lowest BCUT2D eigenvalue weighted by molar-refractivity contribution is 0.100. The van der Waals surface area contributed by atoms with E-state index in [9.17, 15) is 4.39 Å². The second kappa shape index (κ2) is 9.60. The molecular formula is C19H30ClFN2O2. The smallest absolute Gasteiger partial charge is 0.163 e. The third-order valence-electron chi connectivity index (χ3n) is 5.46. The van der Waals surface area contributed by atoms with Crippen molar-refractivity contribution in [3.8, 4) is 11.5 Å². The fourth-order valence-corrected chi connectivity index (χ4v) is 4.26. The Morgan fingerprint density at radius 3 is 2.24 bits per heavy atom. The summed E-state index contributed by atoms with van der Waals surface area (Å²) in [7, 11) is 3.16. The maximum atomic E-state index is 14.9. The SMILES string of the molecule is COc1cc(F)c([C@@H](C2CCCCC2)N2CCNCC2)cc1OC.Cl. The van der Waals surface area contributed by atoms with Crippen molar-refractivity contribution < 1.29 is 13.9 Å².